The predicted molar refractivity (Wildman–Crippen MR) is 70.4 cm³/mol. The van der Waals surface area contributed by atoms with E-state index in [1.165, 1.54) is 0 Å². The number of ether oxygens (including phenoxy) is 1. The monoisotopic (exact) mass is 315 g/mol. The molecule has 0 amide bonds. The molecule has 22 heavy (non-hydrogen) atoms. The van der Waals surface area contributed by atoms with Crippen LogP contribution in [0.15, 0.2) is 22.0 Å². The van der Waals surface area contributed by atoms with Crippen molar-refractivity contribution in [1.29, 1.82) is 0 Å². The number of nitrogens with zero attached hydrogens (tertiary/aromatic N) is 2. The summed E-state index contributed by atoms with van der Waals surface area (Å²) in [5.74, 6) is 0. The van der Waals surface area contributed by atoms with Crippen LogP contribution in [0.4, 0.5) is 0 Å². The summed E-state index contributed by atoms with van der Waals surface area (Å²) in [4.78, 5) is 34.7. The lowest BCUT2D eigenvalue weighted by molar-refractivity contribution is -0.400. The number of H-pyrrole nitrogens is 1. The number of aromatic nitrogens is 2. The van der Waals surface area contributed by atoms with E-state index < -0.39 is 47.3 Å². The lowest BCUT2D eigenvalue weighted by Crippen LogP contribution is -2.38. The third-order valence-electron chi connectivity index (χ3n) is 3.16. The van der Waals surface area contributed by atoms with Crippen molar-refractivity contribution in [2.75, 3.05) is 6.61 Å². The second kappa shape index (κ2) is 6.19. The van der Waals surface area contributed by atoms with Crippen LogP contribution >= 0.6 is 0 Å². The van der Waals surface area contributed by atoms with Crippen molar-refractivity contribution in [3.63, 3.8) is 0 Å². The highest BCUT2D eigenvalue weighted by Crippen LogP contribution is 2.27. The fourth-order valence-electron chi connectivity index (χ4n) is 2.06. The van der Waals surface area contributed by atoms with Gasteiger partial charge in [-0.2, -0.15) is 0 Å². The third-order valence-corrected chi connectivity index (χ3v) is 3.16. The first-order chi connectivity index (χ1) is 10.3. The van der Waals surface area contributed by atoms with Crippen LogP contribution in [-0.2, 0) is 4.74 Å². The zero-order chi connectivity index (χ0) is 16.4. The molecule has 11 nitrogen and oxygen atoms in total. The first kappa shape index (κ1) is 16.0. The van der Waals surface area contributed by atoms with E-state index in [2.05, 4.69) is 0 Å². The molecule has 2 rings (SSSR count). The normalized spacial score (nSPS) is 28.3. The van der Waals surface area contributed by atoms with Gasteiger partial charge in [-0.05, 0) is 0 Å². The minimum atomic E-state index is -1.52. The molecule has 0 unspecified atom stereocenters. The van der Waals surface area contributed by atoms with Crippen LogP contribution < -0.4 is 11.2 Å². The highest BCUT2D eigenvalue weighted by Gasteiger charge is 2.43. The van der Waals surface area contributed by atoms with Gasteiger partial charge in [-0.25, -0.2) is 4.79 Å². The summed E-state index contributed by atoms with van der Waals surface area (Å²) in [5.41, 5.74) is -2.00. The summed E-state index contributed by atoms with van der Waals surface area (Å²) in [7, 11) is 0. The van der Waals surface area contributed by atoms with Gasteiger partial charge in [-0.3, -0.25) is 24.5 Å². The Morgan fingerprint density at radius 1 is 1.41 bits per heavy atom. The Kier molecular flexibility index (Phi) is 4.51. The minimum Gasteiger partial charge on any atom is -0.394 e. The van der Waals surface area contributed by atoms with Crippen LogP contribution in [0.1, 0.15) is 11.8 Å². The van der Waals surface area contributed by atoms with Gasteiger partial charge in [0.25, 0.3) is 5.56 Å². The van der Waals surface area contributed by atoms with Gasteiger partial charge in [0.05, 0.1) is 17.1 Å². The average Bonchev–Trinajstić information content (AvgIpc) is 2.74. The quantitative estimate of drug-likeness (QED) is 0.346. The lowest BCUT2D eigenvalue weighted by Gasteiger charge is -2.17. The molecule has 1 aliphatic rings. The Balaban J connectivity index is 2.44. The SMILES string of the molecule is O=c1[nH]c(=O)n([C@@H]2O[C@H](CO)[C@@H](O)[C@H]2O)cc1/C=C/[N+](=O)[O-]. The molecule has 0 bridgehead atoms. The second-order valence-electron chi connectivity index (χ2n) is 4.58. The van der Waals surface area contributed by atoms with E-state index in [9.17, 15) is 29.9 Å². The van der Waals surface area contributed by atoms with Gasteiger partial charge in [0.15, 0.2) is 6.23 Å². The van der Waals surface area contributed by atoms with Crippen LogP contribution in [0.25, 0.3) is 6.08 Å². The number of rotatable bonds is 4. The highest BCUT2D eigenvalue weighted by molar-refractivity contribution is 5.44. The molecule has 2 heterocycles. The van der Waals surface area contributed by atoms with Gasteiger partial charge >= 0.3 is 5.69 Å². The molecule has 1 aromatic rings. The fourth-order valence-corrected chi connectivity index (χ4v) is 2.06. The molecular formula is C11H13N3O8. The maximum absolute atomic E-state index is 11.8. The zero-order valence-corrected chi connectivity index (χ0v) is 11.0. The summed E-state index contributed by atoms with van der Waals surface area (Å²) in [5, 5.41) is 38.8. The number of hydrogen-bond acceptors (Lipinski definition) is 8. The molecule has 120 valence electrons. The van der Waals surface area contributed by atoms with Gasteiger partial charge in [0.2, 0.25) is 6.20 Å². The number of hydrogen-bond donors (Lipinski definition) is 4. The maximum atomic E-state index is 11.8. The van der Waals surface area contributed by atoms with Crippen molar-refractivity contribution in [1.82, 2.24) is 9.55 Å². The van der Waals surface area contributed by atoms with E-state index in [-0.39, 0.29) is 5.56 Å². The summed E-state index contributed by atoms with van der Waals surface area (Å²) >= 11 is 0. The van der Waals surface area contributed by atoms with E-state index in [4.69, 9.17) is 9.84 Å². The van der Waals surface area contributed by atoms with Gasteiger partial charge in [-0.1, -0.05) is 0 Å². The summed E-state index contributed by atoms with van der Waals surface area (Å²) in [6.07, 6.45) is -3.05. The molecule has 1 fully saturated rings. The number of nitro groups is 1. The Bertz CT molecular complexity index is 708. The molecule has 0 saturated carbocycles. The van der Waals surface area contributed by atoms with E-state index in [0.717, 1.165) is 16.8 Å². The first-order valence-corrected chi connectivity index (χ1v) is 6.14. The van der Waals surface area contributed by atoms with E-state index >= 15 is 0 Å². The maximum Gasteiger partial charge on any atom is 0.330 e. The predicted octanol–water partition coefficient (Wildman–Crippen LogP) is -2.60. The number of aliphatic hydroxyl groups excluding tert-OH is 3. The molecule has 1 aromatic heterocycles. The molecule has 0 aliphatic carbocycles. The van der Waals surface area contributed by atoms with Gasteiger partial charge in [0, 0.05) is 12.3 Å². The van der Waals surface area contributed by atoms with Gasteiger partial charge < -0.3 is 20.1 Å². The van der Waals surface area contributed by atoms with Crippen molar-refractivity contribution in [2.24, 2.45) is 0 Å². The molecule has 1 aliphatic heterocycles. The summed E-state index contributed by atoms with van der Waals surface area (Å²) < 4.78 is 5.94. The molecule has 0 radical (unpaired) electrons. The summed E-state index contributed by atoms with van der Waals surface area (Å²) in [6, 6.07) is 0. The van der Waals surface area contributed by atoms with Crippen LogP contribution in [0.3, 0.4) is 0 Å². The van der Waals surface area contributed by atoms with E-state index in [0.29, 0.717) is 6.20 Å². The van der Waals surface area contributed by atoms with Crippen LogP contribution in [0, 0.1) is 10.1 Å². The lowest BCUT2D eigenvalue weighted by atomic mass is 10.1. The largest absolute Gasteiger partial charge is 0.394 e. The fraction of sp³-hybridized carbons (Fsp3) is 0.455. The topological polar surface area (TPSA) is 168 Å². The van der Waals surface area contributed by atoms with Crippen LogP contribution in [0.5, 0.6) is 0 Å². The van der Waals surface area contributed by atoms with E-state index in [1.54, 1.807) is 0 Å². The Morgan fingerprint density at radius 3 is 2.64 bits per heavy atom. The Hall–Kier alpha value is -2.34. The summed E-state index contributed by atoms with van der Waals surface area (Å²) in [6.45, 7) is -0.582. The first-order valence-electron chi connectivity index (χ1n) is 6.14. The van der Waals surface area contributed by atoms with Crippen LogP contribution in [0.2, 0.25) is 0 Å². The third kappa shape index (κ3) is 2.96. The smallest absolute Gasteiger partial charge is 0.330 e. The number of aromatic amines is 1. The van der Waals surface area contributed by atoms with E-state index in [1.807, 2.05) is 4.98 Å². The zero-order valence-electron chi connectivity index (χ0n) is 11.0. The average molecular weight is 315 g/mol. The molecule has 0 aromatic carbocycles. The van der Waals surface area contributed by atoms with Crippen molar-refractivity contribution >= 4 is 6.08 Å². The standard InChI is InChI=1S/C11H13N3O8/c15-4-6-7(16)8(17)10(22-6)13-3-5(1-2-14(20)21)9(18)12-11(13)19/h1-3,6-8,10,15-17H,4H2,(H,12,18,19)/b2-1+/t6-,7-,8-,10-/m1/s1. The van der Waals surface area contributed by atoms with Crippen molar-refractivity contribution in [2.45, 2.75) is 24.5 Å². The highest BCUT2D eigenvalue weighted by atomic mass is 16.6. The molecule has 11 heteroatoms. The van der Waals surface area contributed by atoms with Crippen molar-refractivity contribution < 1.29 is 25.0 Å². The molecule has 0 spiro atoms. The van der Waals surface area contributed by atoms with Crippen molar-refractivity contribution in [3.8, 4) is 0 Å². The number of aliphatic hydroxyl groups is 3. The number of nitrogens with one attached hydrogen (secondary N) is 1. The Labute approximate surface area is 121 Å². The Morgan fingerprint density at radius 2 is 2.09 bits per heavy atom. The van der Waals surface area contributed by atoms with Crippen molar-refractivity contribution in [3.05, 3.63) is 48.9 Å². The van der Waals surface area contributed by atoms with Gasteiger partial charge in [-0.15, -0.1) is 0 Å². The molecule has 1 saturated heterocycles. The second-order valence-corrected chi connectivity index (χ2v) is 4.58. The van der Waals surface area contributed by atoms with Crippen LogP contribution in [-0.4, -0.2) is 54.7 Å². The molecule has 4 atom stereocenters. The minimum absolute atomic E-state index is 0.214. The molecule has 4 N–H and O–H groups in total. The molecular weight excluding hydrogens is 302 g/mol. The van der Waals surface area contributed by atoms with Gasteiger partial charge in [0.1, 0.15) is 18.3 Å².